The summed E-state index contributed by atoms with van der Waals surface area (Å²) in [6.45, 7) is 0. The van der Waals surface area contributed by atoms with E-state index in [0.717, 1.165) is 42.6 Å². The average molecular weight is 504 g/mol. The van der Waals surface area contributed by atoms with Gasteiger partial charge in [0.15, 0.2) is 0 Å². The number of nitrogens with zero attached hydrogens (tertiary/aromatic N) is 2. The van der Waals surface area contributed by atoms with Gasteiger partial charge in [-0.05, 0) is 57.9 Å². The first-order valence-corrected chi connectivity index (χ1v) is 9.38. The van der Waals surface area contributed by atoms with Crippen molar-refractivity contribution in [2.24, 2.45) is 0 Å². The molecule has 0 bridgehead atoms. The molecule has 2 heterocycles. The second kappa shape index (κ2) is 8.66. The maximum atomic E-state index is 13.5. The number of pyridine rings is 2. The van der Waals surface area contributed by atoms with Gasteiger partial charge in [0, 0.05) is 16.9 Å². The molecule has 1 amide bonds. The van der Waals surface area contributed by atoms with Crippen LogP contribution in [0.2, 0.25) is 0 Å². The molecule has 4 nitrogen and oxygen atoms in total. The van der Waals surface area contributed by atoms with Gasteiger partial charge in [-0.2, -0.15) is 26.3 Å². The smallest absolute Gasteiger partial charge is 0.338 e. The summed E-state index contributed by atoms with van der Waals surface area (Å²) in [6.07, 6.45) is -7.00. The van der Waals surface area contributed by atoms with E-state index in [1.165, 1.54) is 18.3 Å². The van der Waals surface area contributed by atoms with Crippen LogP contribution in [0.3, 0.4) is 0 Å². The Balaban J connectivity index is 2.07. The van der Waals surface area contributed by atoms with Crippen molar-refractivity contribution >= 4 is 21.8 Å². The highest BCUT2D eigenvalue weighted by molar-refractivity contribution is 9.10. The predicted octanol–water partition coefficient (Wildman–Crippen LogP) is 5.80. The molecular formula is C20H12BrF6N3O. The lowest BCUT2D eigenvalue weighted by atomic mass is 9.97. The van der Waals surface area contributed by atoms with Gasteiger partial charge in [0.05, 0.1) is 22.9 Å². The Hall–Kier alpha value is -2.95. The number of hydrogen-bond acceptors (Lipinski definition) is 3. The molecule has 0 fully saturated rings. The quantitative estimate of drug-likeness (QED) is 0.458. The van der Waals surface area contributed by atoms with Crippen molar-refractivity contribution in [3.8, 4) is 0 Å². The molecule has 0 saturated heterocycles. The summed E-state index contributed by atoms with van der Waals surface area (Å²) in [5.41, 5.74) is -2.76. The third-order valence-electron chi connectivity index (χ3n) is 4.22. The SMILES string of the molecule is O=C(N[C@@H](c1ccc(C(F)(F)F)cc1)c1ncccc1C(F)(F)F)c1ccc(Br)cn1. The minimum absolute atomic E-state index is 0.0114. The summed E-state index contributed by atoms with van der Waals surface area (Å²) in [6, 6.07) is 6.68. The van der Waals surface area contributed by atoms with Crippen molar-refractivity contribution in [2.75, 3.05) is 0 Å². The summed E-state index contributed by atoms with van der Waals surface area (Å²) < 4.78 is 79.8. The molecule has 0 radical (unpaired) electrons. The zero-order valence-electron chi connectivity index (χ0n) is 15.3. The fourth-order valence-electron chi connectivity index (χ4n) is 2.78. The van der Waals surface area contributed by atoms with E-state index < -0.39 is 41.1 Å². The molecule has 0 aliphatic carbocycles. The highest BCUT2D eigenvalue weighted by Crippen LogP contribution is 2.36. The van der Waals surface area contributed by atoms with E-state index in [-0.39, 0.29) is 11.3 Å². The van der Waals surface area contributed by atoms with Crippen molar-refractivity contribution in [1.82, 2.24) is 15.3 Å². The van der Waals surface area contributed by atoms with E-state index in [9.17, 15) is 31.1 Å². The van der Waals surface area contributed by atoms with Gasteiger partial charge in [-0.1, -0.05) is 12.1 Å². The number of rotatable bonds is 4. The molecule has 2 aromatic heterocycles. The molecule has 0 unspecified atom stereocenters. The normalized spacial score (nSPS) is 13.0. The van der Waals surface area contributed by atoms with Crippen LogP contribution in [-0.2, 0) is 12.4 Å². The minimum Gasteiger partial charge on any atom is -0.338 e. The number of halogens is 7. The lowest BCUT2D eigenvalue weighted by Crippen LogP contribution is -2.32. The summed E-state index contributed by atoms with van der Waals surface area (Å²) in [5, 5.41) is 2.40. The Bertz CT molecular complexity index is 1070. The van der Waals surface area contributed by atoms with Gasteiger partial charge in [-0.25, -0.2) is 4.98 Å². The van der Waals surface area contributed by atoms with Crippen LogP contribution in [0.1, 0.15) is 38.9 Å². The average Bonchev–Trinajstić information content (AvgIpc) is 2.71. The Morgan fingerprint density at radius 3 is 2.13 bits per heavy atom. The number of benzene rings is 1. The Labute approximate surface area is 180 Å². The number of aromatic nitrogens is 2. The topological polar surface area (TPSA) is 54.9 Å². The molecule has 1 N–H and O–H groups in total. The van der Waals surface area contributed by atoms with Gasteiger partial charge < -0.3 is 5.32 Å². The molecule has 3 aromatic rings. The highest BCUT2D eigenvalue weighted by Gasteiger charge is 2.37. The van der Waals surface area contributed by atoms with Gasteiger partial charge in [-0.15, -0.1) is 0 Å². The standard InChI is InChI=1S/C20H12BrF6N3O/c21-13-7-8-15(29-10-13)18(31)30-16(11-3-5-12(6-4-11)19(22,23)24)17-14(20(25,26)27)2-1-9-28-17/h1-10,16H,(H,30,31)/t16-/m0/s1. The number of alkyl halides is 6. The van der Waals surface area contributed by atoms with Crippen LogP contribution in [0.5, 0.6) is 0 Å². The third-order valence-corrected chi connectivity index (χ3v) is 4.69. The van der Waals surface area contributed by atoms with E-state index >= 15 is 0 Å². The number of hydrogen-bond donors (Lipinski definition) is 1. The van der Waals surface area contributed by atoms with Gasteiger partial charge in [-0.3, -0.25) is 9.78 Å². The van der Waals surface area contributed by atoms with Crippen LogP contribution in [0, 0.1) is 0 Å². The molecule has 162 valence electrons. The van der Waals surface area contributed by atoms with Crippen molar-refractivity contribution in [3.63, 3.8) is 0 Å². The van der Waals surface area contributed by atoms with Crippen molar-refractivity contribution in [3.05, 3.63) is 93.5 Å². The van der Waals surface area contributed by atoms with Crippen LogP contribution in [0.25, 0.3) is 0 Å². The minimum atomic E-state index is -4.80. The first-order chi connectivity index (χ1) is 14.5. The van der Waals surface area contributed by atoms with E-state index in [1.807, 2.05) is 0 Å². The molecule has 0 saturated carbocycles. The number of nitrogens with one attached hydrogen (secondary N) is 1. The van der Waals surface area contributed by atoms with E-state index in [2.05, 4.69) is 31.2 Å². The summed E-state index contributed by atoms with van der Waals surface area (Å²) in [4.78, 5) is 20.3. The molecule has 11 heteroatoms. The monoisotopic (exact) mass is 503 g/mol. The lowest BCUT2D eigenvalue weighted by molar-refractivity contribution is -0.139. The van der Waals surface area contributed by atoms with Crippen LogP contribution in [0.4, 0.5) is 26.3 Å². The maximum Gasteiger partial charge on any atom is 0.418 e. The van der Waals surface area contributed by atoms with Gasteiger partial charge in [0.1, 0.15) is 5.69 Å². The zero-order valence-corrected chi connectivity index (χ0v) is 16.9. The van der Waals surface area contributed by atoms with E-state index in [1.54, 1.807) is 0 Å². The second-order valence-corrected chi connectivity index (χ2v) is 7.24. The van der Waals surface area contributed by atoms with E-state index in [4.69, 9.17) is 0 Å². The lowest BCUT2D eigenvalue weighted by Gasteiger charge is -2.22. The molecule has 3 rings (SSSR count). The molecule has 31 heavy (non-hydrogen) atoms. The Morgan fingerprint density at radius 2 is 1.58 bits per heavy atom. The molecule has 0 aliphatic heterocycles. The van der Waals surface area contributed by atoms with Crippen LogP contribution < -0.4 is 5.32 Å². The summed E-state index contributed by atoms with van der Waals surface area (Å²) in [5.74, 6) is -0.823. The zero-order chi connectivity index (χ0) is 22.8. The fourth-order valence-corrected chi connectivity index (χ4v) is 3.01. The first kappa shape index (κ1) is 22.7. The van der Waals surface area contributed by atoms with Gasteiger partial charge in [0.2, 0.25) is 0 Å². The van der Waals surface area contributed by atoms with Crippen molar-refractivity contribution in [1.29, 1.82) is 0 Å². The largest absolute Gasteiger partial charge is 0.418 e. The molecule has 0 spiro atoms. The molecule has 1 aromatic carbocycles. The summed E-state index contributed by atoms with van der Waals surface area (Å²) in [7, 11) is 0. The predicted molar refractivity (Wildman–Crippen MR) is 102 cm³/mol. The maximum absolute atomic E-state index is 13.5. The number of amides is 1. The number of carbonyl (C=O) groups is 1. The molecule has 0 aliphatic rings. The molecule has 1 atom stereocenters. The Kier molecular flexibility index (Phi) is 6.35. The second-order valence-electron chi connectivity index (χ2n) is 6.32. The van der Waals surface area contributed by atoms with E-state index in [0.29, 0.717) is 4.47 Å². The summed E-state index contributed by atoms with van der Waals surface area (Å²) >= 11 is 3.15. The Morgan fingerprint density at radius 1 is 0.903 bits per heavy atom. The first-order valence-electron chi connectivity index (χ1n) is 8.58. The fraction of sp³-hybridized carbons (Fsp3) is 0.150. The van der Waals surface area contributed by atoms with Crippen LogP contribution in [-0.4, -0.2) is 15.9 Å². The van der Waals surface area contributed by atoms with Crippen molar-refractivity contribution < 1.29 is 31.1 Å². The highest BCUT2D eigenvalue weighted by atomic mass is 79.9. The van der Waals surface area contributed by atoms with Gasteiger partial charge in [0.25, 0.3) is 5.91 Å². The van der Waals surface area contributed by atoms with Crippen LogP contribution in [0.15, 0.2) is 65.4 Å². The third kappa shape index (κ3) is 5.40. The van der Waals surface area contributed by atoms with Crippen molar-refractivity contribution in [2.45, 2.75) is 18.4 Å². The number of carbonyl (C=O) groups excluding carboxylic acids is 1. The molecular weight excluding hydrogens is 492 g/mol. The van der Waals surface area contributed by atoms with Gasteiger partial charge >= 0.3 is 12.4 Å². The van der Waals surface area contributed by atoms with Crippen LogP contribution >= 0.6 is 15.9 Å².